The van der Waals surface area contributed by atoms with Gasteiger partial charge in [0, 0.05) is 19.0 Å². The number of hydrogen-bond donors (Lipinski definition) is 0. The highest BCUT2D eigenvalue weighted by molar-refractivity contribution is 5.76. The van der Waals surface area contributed by atoms with Gasteiger partial charge in [0.2, 0.25) is 17.6 Å². The van der Waals surface area contributed by atoms with Crippen LogP contribution >= 0.6 is 0 Å². The van der Waals surface area contributed by atoms with E-state index in [4.69, 9.17) is 4.52 Å². The molecule has 128 valence electrons. The molecule has 6 heteroatoms. The number of nitrogens with zero attached hydrogens (tertiary/aromatic N) is 3. The molecule has 1 aromatic heterocycles. The summed E-state index contributed by atoms with van der Waals surface area (Å²) in [4.78, 5) is 18.0. The Hall–Kier alpha value is -3.02. The van der Waals surface area contributed by atoms with Crippen molar-refractivity contribution in [1.29, 1.82) is 0 Å². The molecule has 0 bridgehead atoms. The molecule has 0 atom stereocenters. The van der Waals surface area contributed by atoms with Crippen LogP contribution < -0.4 is 0 Å². The van der Waals surface area contributed by atoms with Gasteiger partial charge in [-0.25, -0.2) is 4.39 Å². The van der Waals surface area contributed by atoms with E-state index in [1.807, 2.05) is 30.3 Å². The van der Waals surface area contributed by atoms with E-state index >= 15 is 0 Å². The molecular weight excluding hydrogens is 321 g/mol. The monoisotopic (exact) mass is 339 g/mol. The number of rotatable bonds is 6. The van der Waals surface area contributed by atoms with Gasteiger partial charge in [-0.05, 0) is 18.1 Å². The molecule has 0 radical (unpaired) electrons. The largest absolute Gasteiger partial charge is 0.337 e. The van der Waals surface area contributed by atoms with Gasteiger partial charge < -0.3 is 9.42 Å². The Labute approximate surface area is 145 Å². The minimum absolute atomic E-state index is 0.109. The number of carbonyl (C=O) groups is 1. The second kappa shape index (κ2) is 7.70. The summed E-state index contributed by atoms with van der Waals surface area (Å²) >= 11 is 0. The van der Waals surface area contributed by atoms with Crippen LogP contribution in [-0.4, -0.2) is 28.0 Å². The molecule has 0 spiro atoms. The zero-order chi connectivity index (χ0) is 17.6. The molecule has 0 fully saturated rings. The number of amides is 1. The first-order chi connectivity index (χ1) is 12.1. The molecule has 1 amide bonds. The molecule has 3 rings (SSSR count). The van der Waals surface area contributed by atoms with Crippen LogP contribution in [0, 0.1) is 5.82 Å². The van der Waals surface area contributed by atoms with Gasteiger partial charge in [0.25, 0.3) is 0 Å². The Kier molecular flexibility index (Phi) is 5.18. The molecule has 0 aliphatic rings. The van der Waals surface area contributed by atoms with Crippen molar-refractivity contribution in [2.75, 3.05) is 7.05 Å². The minimum Gasteiger partial charge on any atom is -0.337 e. The Balaban J connectivity index is 1.57. The van der Waals surface area contributed by atoms with Gasteiger partial charge in [0.15, 0.2) is 0 Å². The number of carbonyl (C=O) groups excluding carboxylic acids is 1. The maximum atomic E-state index is 13.6. The second-order valence-electron chi connectivity index (χ2n) is 5.72. The first-order valence-electron chi connectivity index (χ1n) is 7.99. The number of benzene rings is 2. The van der Waals surface area contributed by atoms with Crippen LogP contribution in [0.5, 0.6) is 0 Å². The van der Waals surface area contributed by atoms with E-state index in [1.54, 1.807) is 25.2 Å². The van der Waals surface area contributed by atoms with Gasteiger partial charge >= 0.3 is 0 Å². The van der Waals surface area contributed by atoms with Crippen LogP contribution in [0.3, 0.4) is 0 Å². The van der Waals surface area contributed by atoms with E-state index in [0.29, 0.717) is 23.7 Å². The quantitative estimate of drug-likeness (QED) is 0.690. The fourth-order valence-electron chi connectivity index (χ4n) is 2.45. The van der Waals surface area contributed by atoms with Crippen molar-refractivity contribution in [3.63, 3.8) is 0 Å². The molecule has 0 saturated carbocycles. The average molecular weight is 339 g/mol. The minimum atomic E-state index is -0.289. The maximum Gasteiger partial charge on any atom is 0.246 e. The van der Waals surface area contributed by atoms with Crippen molar-refractivity contribution >= 4 is 5.91 Å². The highest BCUT2D eigenvalue weighted by Crippen LogP contribution is 2.16. The summed E-state index contributed by atoms with van der Waals surface area (Å²) in [5, 5.41) is 3.93. The first kappa shape index (κ1) is 16.8. The standard InChI is InChI=1S/C19H18FN3O2/c1-23(18(24)12-11-14-7-5-6-10-16(14)20)13-17-21-19(22-25-17)15-8-3-2-4-9-15/h2-10H,11-13H2,1H3. The predicted octanol–water partition coefficient (Wildman–Crippen LogP) is 3.47. The molecule has 25 heavy (non-hydrogen) atoms. The van der Waals surface area contributed by atoms with Gasteiger partial charge in [-0.15, -0.1) is 0 Å². The van der Waals surface area contributed by atoms with Gasteiger partial charge in [0.1, 0.15) is 5.82 Å². The van der Waals surface area contributed by atoms with Gasteiger partial charge in [-0.1, -0.05) is 53.7 Å². The Morgan fingerprint density at radius 2 is 1.84 bits per heavy atom. The summed E-state index contributed by atoms with van der Waals surface area (Å²) in [7, 11) is 1.66. The zero-order valence-corrected chi connectivity index (χ0v) is 13.9. The van der Waals surface area contributed by atoms with E-state index in [1.165, 1.54) is 11.0 Å². The van der Waals surface area contributed by atoms with E-state index in [0.717, 1.165) is 5.56 Å². The van der Waals surface area contributed by atoms with Gasteiger partial charge in [0.05, 0.1) is 6.54 Å². The summed E-state index contributed by atoms with van der Waals surface area (Å²) < 4.78 is 18.8. The first-order valence-corrected chi connectivity index (χ1v) is 7.99. The molecule has 0 N–H and O–H groups in total. The molecule has 0 unspecified atom stereocenters. The summed E-state index contributed by atoms with van der Waals surface area (Å²) in [6.45, 7) is 0.218. The third kappa shape index (κ3) is 4.29. The van der Waals surface area contributed by atoms with Crippen LogP contribution in [0.15, 0.2) is 59.1 Å². The molecule has 0 aliphatic carbocycles. The zero-order valence-electron chi connectivity index (χ0n) is 13.9. The lowest BCUT2D eigenvalue weighted by Crippen LogP contribution is -2.26. The number of aromatic nitrogens is 2. The Bertz CT molecular complexity index is 849. The molecule has 1 heterocycles. The predicted molar refractivity (Wildman–Crippen MR) is 90.9 cm³/mol. The van der Waals surface area contributed by atoms with Crippen LogP contribution in [0.1, 0.15) is 17.9 Å². The smallest absolute Gasteiger partial charge is 0.246 e. The van der Waals surface area contributed by atoms with E-state index in [2.05, 4.69) is 10.1 Å². The third-order valence-electron chi connectivity index (χ3n) is 3.86. The Morgan fingerprint density at radius 1 is 1.12 bits per heavy atom. The SMILES string of the molecule is CN(Cc1nc(-c2ccccc2)no1)C(=O)CCc1ccccc1F. The van der Waals surface area contributed by atoms with Gasteiger partial charge in [-0.3, -0.25) is 4.79 Å². The lowest BCUT2D eigenvalue weighted by Gasteiger charge is -2.14. The lowest BCUT2D eigenvalue weighted by atomic mass is 10.1. The van der Waals surface area contributed by atoms with Crippen molar-refractivity contribution < 1.29 is 13.7 Å². The van der Waals surface area contributed by atoms with Crippen molar-refractivity contribution in [2.24, 2.45) is 0 Å². The van der Waals surface area contributed by atoms with Crippen molar-refractivity contribution in [2.45, 2.75) is 19.4 Å². The summed E-state index contributed by atoms with van der Waals surface area (Å²) in [6, 6.07) is 15.9. The van der Waals surface area contributed by atoms with E-state index in [-0.39, 0.29) is 24.7 Å². The summed E-state index contributed by atoms with van der Waals surface area (Å²) in [5.74, 6) is 0.452. The lowest BCUT2D eigenvalue weighted by molar-refractivity contribution is -0.130. The van der Waals surface area contributed by atoms with E-state index in [9.17, 15) is 9.18 Å². The van der Waals surface area contributed by atoms with Crippen LogP contribution in [0.2, 0.25) is 0 Å². The fraction of sp³-hybridized carbons (Fsp3) is 0.211. The second-order valence-corrected chi connectivity index (χ2v) is 5.72. The van der Waals surface area contributed by atoms with Crippen LogP contribution in [-0.2, 0) is 17.8 Å². The number of aryl methyl sites for hydroxylation is 1. The molecule has 0 saturated heterocycles. The third-order valence-corrected chi connectivity index (χ3v) is 3.86. The highest BCUT2D eigenvalue weighted by atomic mass is 19.1. The molecule has 0 aliphatic heterocycles. The maximum absolute atomic E-state index is 13.6. The molecular formula is C19H18FN3O2. The summed E-state index contributed by atoms with van der Waals surface area (Å²) in [6.07, 6.45) is 0.575. The molecule has 2 aromatic carbocycles. The van der Waals surface area contributed by atoms with Crippen LogP contribution in [0.25, 0.3) is 11.4 Å². The van der Waals surface area contributed by atoms with Crippen LogP contribution in [0.4, 0.5) is 4.39 Å². The molecule has 5 nitrogen and oxygen atoms in total. The number of halogens is 1. The molecule has 3 aromatic rings. The van der Waals surface area contributed by atoms with Crippen molar-refractivity contribution in [3.05, 3.63) is 71.9 Å². The Morgan fingerprint density at radius 3 is 2.60 bits per heavy atom. The fourth-order valence-corrected chi connectivity index (χ4v) is 2.45. The van der Waals surface area contributed by atoms with Crippen molar-refractivity contribution in [3.8, 4) is 11.4 Å². The average Bonchev–Trinajstić information content (AvgIpc) is 3.10. The van der Waals surface area contributed by atoms with E-state index < -0.39 is 0 Å². The summed E-state index contributed by atoms with van der Waals surface area (Å²) in [5.41, 5.74) is 1.39. The topological polar surface area (TPSA) is 59.2 Å². The van der Waals surface area contributed by atoms with Gasteiger partial charge in [-0.2, -0.15) is 4.98 Å². The normalized spacial score (nSPS) is 10.6. The van der Waals surface area contributed by atoms with Crippen molar-refractivity contribution in [1.82, 2.24) is 15.0 Å². The highest BCUT2D eigenvalue weighted by Gasteiger charge is 2.15. The number of hydrogen-bond acceptors (Lipinski definition) is 4.